The Morgan fingerprint density at radius 3 is 2.05 bits per heavy atom. The second kappa shape index (κ2) is 5.53. The lowest BCUT2D eigenvalue weighted by Gasteiger charge is -2.53. The largest absolute Gasteiger partial charge is 0.483 e. The van der Waals surface area contributed by atoms with Crippen LogP contribution in [0.4, 0.5) is 0 Å². The number of methoxy groups -OCH3 is 1. The number of rotatable bonds is 3. The molecule has 0 aromatic heterocycles. The van der Waals surface area contributed by atoms with Crippen LogP contribution in [-0.4, -0.2) is 42.2 Å². The van der Waals surface area contributed by atoms with Crippen LogP contribution in [-0.2, 0) is 14.3 Å². The minimum atomic E-state index is -0.406. The molecular weight excluding hydrogens is 242 g/mol. The molecule has 1 aliphatic heterocycles. The van der Waals surface area contributed by atoms with Gasteiger partial charge in [0.15, 0.2) is 0 Å². The molecule has 0 unspecified atom stereocenters. The number of hydrogen-bond donors (Lipinski definition) is 0. The lowest BCUT2D eigenvalue weighted by atomic mass is 9.79. The van der Waals surface area contributed by atoms with Crippen molar-refractivity contribution in [2.24, 2.45) is 0 Å². The van der Waals surface area contributed by atoms with E-state index in [-0.39, 0.29) is 17.2 Å². The summed E-state index contributed by atoms with van der Waals surface area (Å²) in [5.74, 6) is -0.0966. The van der Waals surface area contributed by atoms with E-state index in [0.717, 1.165) is 12.8 Å². The van der Waals surface area contributed by atoms with Crippen molar-refractivity contribution in [1.82, 2.24) is 4.90 Å². The van der Waals surface area contributed by atoms with Crippen LogP contribution in [0.2, 0.25) is 0 Å². The summed E-state index contributed by atoms with van der Waals surface area (Å²) in [6.07, 6.45) is 3.48. The third-order valence-corrected chi connectivity index (χ3v) is 4.21. The number of likely N-dealkylation sites (tertiary alicyclic amines) is 1. The Morgan fingerprint density at radius 1 is 1.21 bits per heavy atom. The van der Waals surface area contributed by atoms with Crippen LogP contribution in [0.15, 0.2) is 11.8 Å². The van der Waals surface area contributed by atoms with Crippen molar-refractivity contribution in [3.63, 3.8) is 0 Å². The highest BCUT2D eigenvalue weighted by Crippen LogP contribution is 2.38. The molecule has 0 N–H and O–H groups in total. The molecule has 1 fully saturated rings. The van der Waals surface area contributed by atoms with Gasteiger partial charge in [0.2, 0.25) is 5.76 Å². The normalized spacial score (nSPS) is 24.1. The van der Waals surface area contributed by atoms with Gasteiger partial charge < -0.3 is 9.47 Å². The molecule has 0 saturated carbocycles. The summed E-state index contributed by atoms with van der Waals surface area (Å²) in [5, 5.41) is 0. The minimum Gasteiger partial charge on any atom is -0.483 e. The first-order valence-corrected chi connectivity index (χ1v) is 6.79. The number of nitrogens with zero attached hydrogens (tertiary/aromatic N) is 1. The van der Waals surface area contributed by atoms with Crippen molar-refractivity contribution < 1.29 is 14.3 Å². The Morgan fingerprint density at radius 2 is 1.68 bits per heavy atom. The summed E-state index contributed by atoms with van der Waals surface area (Å²) in [6, 6.07) is 0. The van der Waals surface area contributed by atoms with Crippen molar-refractivity contribution >= 4 is 5.97 Å². The van der Waals surface area contributed by atoms with E-state index in [4.69, 9.17) is 9.47 Å². The minimum absolute atomic E-state index is 0.0338. The molecule has 1 aliphatic rings. The maximum atomic E-state index is 11.6. The Labute approximate surface area is 116 Å². The SMILES string of the molecule is CC=C(OC1CC(C)(C)N(C)C(C)(C)C1)C(=O)OC. The Kier molecular flexibility index (Phi) is 4.67. The predicted octanol–water partition coefficient (Wildman–Crippen LogP) is 2.73. The summed E-state index contributed by atoms with van der Waals surface area (Å²) >= 11 is 0. The first kappa shape index (κ1) is 16.0. The van der Waals surface area contributed by atoms with E-state index >= 15 is 0 Å². The fraction of sp³-hybridized carbons (Fsp3) is 0.800. The zero-order valence-electron chi connectivity index (χ0n) is 13.2. The molecule has 0 atom stereocenters. The average Bonchev–Trinajstić information content (AvgIpc) is 2.31. The highest BCUT2D eigenvalue weighted by atomic mass is 16.6. The number of allylic oxidation sites excluding steroid dienone is 1. The van der Waals surface area contributed by atoms with Crippen LogP contribution in [0, 0.1) is 0 Å². The van der Waals surface area contributed by atoms with Gasteiger partial charge in [0.25, 0.3) is 0 Å². The summed E-state index contributed by atoms with van der Waals surface area (Å²) in [4.78, 5) is 14.0. The predicted molar refractivity (Wildman–Crippen MR) is 75.8 cm³/mol. The number of piperidine rings is 1. The maximum Gasteiger partial charge on any atom is 0.372 e. The Hall–Kier alpha value is -1.03. The van der Waals surface area contributed by atoms with E-state index in [1.54, 1.807) is 13.0 Å². The monoisotopic (exact) mass is 269 g/mol. The van der Waals surface area contributed by atoms with E-state index in [1.165, 1.54) is 7.11 Å². The van der Waals surface area contributed by atoms with E-state index in [9.17, 15) is 4.79 Å². The molecule has 19 heavy (non-hydrogen) atoms. The Balaban J connectivity index is 2.84. The molecule has 1 rings (SSSR count). The zero-order valence-corrected chi connectivity index (χ0v) is 13.2. The van der Waals surface area contributed by atoms with E-state index in [2.05, 4.69) is 39.6 Å². The number of carbonyl (C=O) groups excluding carboxylic acids is 1. The molecule has 0 aromatic carbocycles. The van der Waals surface area contributed by atoms with Crippen molar-refractivity contribution in [1.29, 1.82) is 0 Å². The topological polar surface area (TPSA) is 38.8 Å². The van der Waals surface area contributed by atoms with Crippen LogP contribution in [0.25, 0.3) is 0 Å². The zero-order chi connectivity index (χ0) is 14.8. The van der Waals surface area contributed by atoms with E-state index in [1.807, 2.05) is 0 Å². The van der Waals surface area contributed by atoms with Crippen molar-refractivity contribution in [3.8, 4) is 0 Å². The quantitative estimate of drug-likeness (QED) is 0.448. The summed E-state index contributed by atoms with van der Waals surface area (Å²) in [5.41, 5.74) is 0.0861. The number of esters is 1. The molecule has 4 heteroatoms. The molecule has 1 heterocycles. The second-order valence-electron chi connectivity index (χ2n) is 6.48. The van der Waals surface area contributed by atoms with Gasteiger partial charge in [-0.2, -0.15) is 0 Å². The molecule has 0 spiro atoms. The summed E-state index contributed by atoms with van der Waals surface area (Å²) in [7, 11) is 3.52. The summed E-state index contributed by atoms with van der Waals surface area (Å²) < 4.78 is 10.6. The molecule has 1 saturated heterocycles. The second-order valence-corrected chi connectivity index (χ2v) is 6.48. The van der Waals surface area contributed by atoms with Crippen LogP contribution in [0.1, 0.15) is 47.5 Å². The van der Waals surface area contributed by atoms with Gasteiger partial charge in [0, 0.05) is 23.9 Å². The Bertz CT molecular complexity index is 354. The van der Waals surface area contributed by atoms with Crippen molar-refractivity contribution in [3.05, 3.63) is 11.8 Å². The van der Waals surface area contributed by atoms with Gasteiger partial charge >= 0.3 is 5.97 Å². The molecule has 110 valence electrons. The number of ether oxygens (including phenoxy) is 2. The van der Waals surface area contributed by atoms with Crippen LogP contribution in [0.3, 0.4) is 0 Å². The first-order chi connectivity index (χ1) is 8.64. The molecule has 0 radical (unpaired) electrons. The van der Waals surface area contributed by atoms with Gasteiger partial charge in [-0.15, -0.1) is 0 Å². The smallest absolute Gasteiger partial charge is 0.372 e. The molecular formula is C15H27NO3. The molecule has 4 nitrogen and oxygen atoms in total. The molecule has 0 bridgehead atoms. The number of hydrogen-bond acceptors (Lipinski definition) is 4. The highest BCUT2D eigenvalue weighted by molar-refractivity contribution is 5.86. The average molecular weight is 269 g/mol. The lowest BCUT2D eigenvalue weighted by Crippen LogP contribution is -2.60. The molecule has 0 aromatic rings. The molecule has 0 aliphatic carbocycles. The fourth-order valence-electron chi connectivity index (χ4n) is 2.88. The van der Waals surface area contributed by atoms with Gasteiger partial charge in [-0.25, -0.2) is 4.79 Å². The van der Waals surface area contributed by atoms with Gasteiger partial charge in [0.05, 0.1) is 7.11 Å². The third-order valence-electron chi connectivity index (χ3n) is 4.21. The lowest BCUT2D eigenvalue weighted by molar-refractivity contribution is -0.144. The third kappa shape index (κ3) is 3.50. The maximum absolute atomic E-state index is 11.6. The van der Waals surface area contributed by atoms with E-state index in [0.29, 0.717) is 5.76 Å². The van der Waals surface area contributed by atoms with Crippen LogP contribution < -0.4 is 0 Å². The standard InChI is InChI=1S/C15H27NO3/c1-8-12(13(17)18-7)19-11-9-14(2,3)16(6)15(4,5)10-11/h8,11H,9-10H2,1-7H3. The van der Waals surface area contributed by atoms with Crippen molar-refractivity contribution in [2.75, 3.05) is 14.2 Å². The molecule has 0 amide bonds. The highest BCUT2D eigenvalue weighted by Gasteiger charge is 2.44. The van der Waals surface area contributed by atoms with Crippen molar-refractivity contribution in [2.45, 2.75) is 64.6 Å². The van der Waals surface area contributed by atoms with Crippen LogP contribution >= 0.6 is 0 Å². The van der Waals surface area contributed by atoms with Gasteiger partial charge in [-0.3, -0.25) is 4.90 Å². The number of carbonyl (C=O) groups is 1. The van der Waals surface area contributed by atoms with Gasteiger partial charge in [-0.1, -0.05) is 0 Å². The van der Waals surface area contributed by atoms with E-state index < -0.39 is 5.97 Å². The fourth-order valence-corrected chi connectivity index (χ4v) is 2.88. The van der Waals surface area contributed by atoms with Gasteiger partial charge in [-0.05, 0) is 47.7 Å². The summed E-state index contributed by atoms with van der Waals surface area (Å²) in [6.45, 7) is 10.6. The first-order valence-electron chi connectivity index (χ1n) is 6.79. The van der Waals surface area contributed by atoms with Crippen LogP contribution in [0.5, 0.6) is 0 Å². The van der Waals surface area contributed by atoms with Gasteiger partial charge in [0.1, 0.15) is 6.10 Å².